The SMILES string of the molecule is CC1=NOC(CNCc2c(C)cccc2C)C1. The van der Waals surface area contributed by atoms with E-state index >= 15 is 0 Å². The van der Waals surface area contributed by atoms with E-state index < -0.39 is 0 Å². The molecule has 0 saturated heterocycles. The molecule has 1 unspecified atom stereocenters. The lowest BCUT2D eigenvalue weighted by Crippen LogP contribution is -2.27. The number of benzene rings is 1. The van der Waals surface area contributed by atoms with Gasteiger partial charge >= 0.3 is 0 Å². The second-order valence-electron chi connectivity index (χ2n) is 4.76. The molecule has 17 heavy (non-hydrogen) atoms. The standard InChI is InChI=1S/C14H20N2O/c1-10-5-4-6-11(2)14(10)9-15-8-13-7-12(3)16-17-13/h4-6,13,15H,7-9H2,1-3H3. The maximum absolute atomic E-state index is 5.29. The average molecular weight is 232 g/mol. The highest BCUT2D eigenvalue weighted by molar-refractivity contribution is 5.82. The van der Waals surface area contributed by atoms with Crippen molar-refractivity contribution in [2.75, 3.05) is 6.54 Å². The number of rotatable bonds is 4. The number of oxime groups is 1. The quantitative estimate of drug-likeness (QED) is 0.865. The second kappa shape index (κ2) is 5.32. The fourth-order valence-electron chi connectivity index (χ4n) is 2.16. The molecule has 1 N–H and O–H groups in total. The summed E-state index contributed by atoms with van der Waals surface area (Å²) in [6.07, 6.45) is 1.15. The highest BCUT2D eigenvalue weighted by Gasteiger charge is 2.17. The number of hydrogen-bond donors (Lipinski definition) is 1. The topological polar surface area (TPSA) is 33.6 Å². The summed E-state index contributed by atoms with van der Waals surface area (Å²) in [6, 6.07) is 6.41. The fraction of sp³-hybridized carbons (Fsp3) is 0.500. The maximum atomic E-state index is 5.29. The van der Waals surface area contributed by atoms with E-state index in [9.17, 15) is 0 Å². The average Bonchev–Trinajstić information content (AvgIpc) is 2.69. The summed E-state index contributed by atoms with van der Waals surface area (Å²) in [5, 5.41) is 7.40. The zero-order valence-corrected chi connectivity index (χ0v) is 10.8. The van der Waals surface area contributed by atoms with E-state index in [2.05, 4.69) is 42.5 Å². The Morgan fingerprint density at radius 1 is 1.29 bits per heavy atom. The molecule has 3 heteroatoms. The van der Waals surface area contributed by atoms with Crippen LogP contribution in [0.2, 0.25) is 0 Å². The first-order valence-electron chi connectivity index (χ1n) is 6.12. The molecule has 0 saturated carbocycles. The van der Waals surface area contributed by atoms with Crippen LogP contribution >= 0.6 is 0 Å². The van der Waals surface area contributed by atoms with E-state index in [0.29, 0.717) is 0 Å². The fourth-order valence-corrected chi connectivity index (χ4v) is 2.16. The van der Waals surface area contributed by atoms with Crippen LogP contribution in [-0.2, 0) is 11.4 Å². The molecule has 0 fully saturated rings. The third kappa shape index (κ3) is 3.07. The Hall–Kier alpha value is -1.35. The van der Waals surface area contributed by atoms with Crippen LogP contribution in [0.25, 0.3) is 0 Å². The summed E-state index contributed by atoms with van der Waals surface area (Å²) in [5.74, 6) is 0. The van der Waals surface area contributed by atoms with E-state index in [-0.39, 0.29) is 6.10 Å². The number of nitrogens with zero attached hydrogens (tertiary/aromatic N) is 1. The Morgan fingerprint density at radius 2 is 2.00 bits per heavy atom. The minimum absolute atomic E-state index is 0.208. The second-order valence-corrected chi connectivity index (χ2v) is 4.76. The molecule has 1 heterocycles. The first-order chi connectivity index (χ1) is 8.16. The first kappa shape index (κ1) is 12.1. The third-order valence-electron chi connectivity index (χ3n) is 3.20. The van der Waals surface area contributed by atoms with E-state index in [0.717, 1.165) is 25.2 Å². The Balaban J connectivity index is 1.82. The van der Waals surface area contributed by atoms with Gasteiger partial charge in [0.2, 0.25) is 0 Å². The van der Waals surface area contributed by atoms with Gasteiger partial charge in [-0.15, -0.1) is 0 Å². The van der Waals surface area contributed by atoms with E-state index in [1.54, 1.807) is 0 Å². The van der Waals surface area contributed by atoms with Crippen LogP contribution in [0.3, 0.4) is 0 Å². The Bertz CT molecular complexity index is 406. The molecule has 1 atom stereocenters. The van der Waals surface area contributed by atoms with Gasteiger partial charge in [-0.1, -0.05) is 23.4 Å². The molecule has 0 spiro atoms. The largest absolute Gasteiger partial charge is 0.391 e. The van der Waals surface area contributed by atoms with Crippen molar-refractivity contribution in [3.63, 3.8) is 0 Å². The van der Waals surface area contributed by atoms with Crippen LogP contribution in [0.5, 0.6) is 0 Å². The van der Waals surface area contributed by atoms with Gasteiger partial charge in [0.25, 0.3) is 0 Å². The monoisotopic (exact) mass is 232 g/mol. The van der Waals surface area contributed by atoms with E-state index in [1.165, 1.54) is 16.7 Å². The minimum atomic E-state index is 0.208. The zero-order chi connectivity index (χ0) is 12.3. The summed E-state index contributed by atoms with van der Waals surface area (Å²) in [5.41, 5.74) is 5.17. The van der Waals surface area contributed by atoms with Gasteiger partial charge in [-0.2, -0.15) is 0 Å². The summed E-state index contributed by atoms with van der Waals surface area (Å²) >= 11 is 0. The lowest BCUT2D eigenvalue weighted by Gasteiger charge is -2.13. The lowest BCUT2D eigenvalue weighted by molar-refractivity contribution is 0.0848. The van der Waals surface area contributed by atoms with Crippen LogP contribution < -0.4 is 5.32 Å². The summed E-state index contributed by atoms with van der Waals surface area (Å²) in [6.45, 7) is 8.07. The van der Waals surface area contributed by atoms with Crippen molar-refractivity contribution in [3.05, 3.63) is 34.9 Å². The number of hydrogen-bond acceptors (Lipinski definition) is 3. The molecule has 3 nitrogen and oxygen atoms in total. The van der Waals surface area contributed by atoms with Gasteiger partial charge in [0, 0.05) is 19.5 Å². The van der Waals surface area contributed by atoms with Crippen LogP contribution in [0.15, 0.2) is 23.4 Å². The molecule has 1 aliphatic heterocycles. The molecular weight excluding hydrogens is 212 g/mol. The molecule has 1 aromatic carbocycles. The van der Waals surface area contributed by atoms with Crippen molar-refractivity contribution in [2.24, 2.45) is 5.16 Å². The van der Waals surface area contributed by atoms with Crippen molar-refractivity contribution in [2.45, 2.75) is 39.8 Å². The van der Waals surface area contributed by atoms with Gasteiger partial charge in [-0.3, -0.25) is 0 Å². The molecule has 2 rings (SSSR count). The summed E-state index contributed by atoms with van der Waals surface area (Å²) in [7, 11) is 0. The Kier molecular flexibility index (Phi) is 3.79. The molecule has 0 bridgehead atoms. The van der Waals surface area contributed by atoms with Gasteiger partial charge < -0.3 is 10.2 Å². The number of aryl methyl sites for hydroxylation is 2. The smallest absolute Gasteiger partial charge is 0.145 e. The van der Waals surface area contributed by atoms with Crippen molar-refractivity contribution < 1.29 is 4.84 Å². The third-order valence-corrected chi connectivity index (χ3v) is 3.20. The Labute approximate surface area is 103 Å². The van der Waals surface area contributed by atoms with Crippen LogP contribution in [0.1, 0.15) is 30.0 Å². The van der Waals surface area contributed by atoms with Crippen LogP contribution in [0, 0.1) is 13.8 Å². The molecule has 1 aromatic rings. The van der Waals surface area contributed by atoms with Gasteiger partial charge in [0.1, 0.15) is 6.10 Å². The van der Waals surface area contributed by atoms with Gasteiger partial charge in [-0.05, 0) is 37.5 Å². The van der Waals surface area contributed by atoms with Crippen molar-refractivity contribution in [3.8, 4) is 0 Å². The molecule has 0 aliphatic carbocycles. The van der Waals surface area contributed by atoms with Crippen LogP contribution in [-0.4, -0.2) is 18.4 Å². The first-order valence-corrected chi connectivity index (χ1v) is 6.12. The molecular formula is C14H20N2O. The molecule has 0 amide bonds. The van der Waals surface area contributed by atoms with Gasteiger partial charge in [0.15, 0.2) is 0 Å². The van der Waals surface area contributed by atoms with Crippen molar-refractivity contribution >= 4 is 5.71 Å². The van der Waals surface area contributed by atoms with Crippen molar-refractivity contribution in [1.29, 1.82) is 0 Å². The van der Waals surface area contributed by atoms with Crippen LogP contribution in [0.4, 0.5) is 0 Å². The molecule has 0 radical (unpaired) electrons. The Morgan fingerprint density at radius 3 is 2.59 bits per heavy atom. The predicted molar refractivity (Wildman–Crippen MR) is 70.2 cm³/mol. The molecule has 0 aromatic heterocycles. The van der Waals surface area contributed by atoms with Gasteiger partial charge in [-0.25, -0.2) is 0 Å². The van der Waals surface area contributed by atoms with Crippen molar-refractivity contribution in [1.82, 2.24) is 5.32 Å². The van der Waals surface area contributed by atoms with E-state index in [1.807, 2.05) is 6.92 Å². The summed E-state index contributed by atoms with van der Waals surface area (Å²) in [4.78, 5) is 5.29. The minimum Gasteiger partial charge on any atom is -0.391 e. The summed E-state index contributed by atoms with van der Waals surface area (Å²) < 4.78 is 0. The zero-order valence-electron chi connectivity index (χ0n) is 10.8. The highest BCUT2D eigenvalue weighted by Crippen LogP contribution is 2.13. The lowest BCUT2D eigenvalue weighted by atomic mass is 10.0. The van der Waals surface area contributed by atoms with E-state index in [4.69, 9.17) is 4.84 Å². The normalized spacial score (nSPS) is 19.0. The maximum Gasteiger partial charge on any atom is 0.145 e. The molecule has 92 valence electrons. The molecule has 1 aliphatic rings. The van der Waals surface area contributed by atoms with Gasteiger partial charge in [0.05, 0.1) is 5.71 Å². The predicted octanol–water partition coefficient (Wildman–Crippen LogP) is 2.56. The highest BCUT2D eigenvalue weighted by atomic mass is 16.6. The number of nitrogens with one attached hydrogen (secondary N) is 1.